The average Bonchev–Trinajstić information content (AvgIpc) is 2.61. The lowest BCUT2D eigenvalue weighted by atomic mass is 10.0. The molecule has 2 heteroatoms. The summed E-state index contributed by atoms with van der Waals surface area (Å²) in [4.78, 5) is 0. The van der Waals surface area contributed by atoms with Gasteiger partial charge in [-0.05, 0) is 41.7 Å². The summed E-state index contributed by atoms with van der Waals surface area (Å²) in [6, 6.07) is 18.4. The van der Waals surface area contributed by atoms with Crippen molar-refractivity contribution in [2.24, 2.45) is 0 Å². The van der Waals surface area contributed by atoms with Gasteiger partial charge in [0.05, 0.1) is 18.2 Å². The first-order chi connectivity index (χ1) is 11.3. The quantitative estimate of drug-likeness (QED) is 0.584. The molecule has 0 saturated carbocycles. The van der Waals surface area contributed by atoms with Crippen LogP contribution in [0.2, 0.25) is 0 Å². The SMILES string of the molecule is CCCCCCOCCc1ccc(-c2ccc(C#N)cc2)cc1. The molecular weight excluding hydrogens is 282 g/mol. The molecule has 0 N–H and O–H groups in total. The van der Waals surface area contributed by atoms with E-state index in [-0.39, 0.29) is 0 Å². The molecule has 0 atom stereocenters. The van der Waals surface area contributed by atoms with Gasteiger partial charge in [0, 0.05) is 6.61 Å². The molecule has 0 unspecified atom stereocenters. The highest BCUT2D eigenvalue weighted by molar-refractivity contribution is 5.64. The number of rotatable bonds is 9. The van der Waals surface area contributed by atoms with Crippen LogP contribution in [0.3, 0.4) is 0 Å². The van der Waals surface area contributed by atoms with Crippen LogP contribution in [0.15, 0.2) is 48.5 Å². The van der Waals surface area contributed by atoms with E-state index in [9.17, 15) is 0 Å². The van der Waals surface area contributed by atoms with E-state index in [0.29, 0.717) is 5.56 Å². The number of nitriles is 1. The summed E-state index contributed by atoms with van der Waals surface area (Å²) in [5.41, 5.74) is 4.32. The Morgan fingerprint density at radius 3 is 2.09 bits per heavy atom. The van der Waals surface area contributed by atoms with Crippen LogP contribution in [0.1, 0.15) is 43.7 Å². The van der Waals surface area contributed by atoms with Gasteiger partial charge in [0.15, 0.2) is 0 Å². The Morgan fingerprint density at radius 1 is 0.826 bits per heavy atom. The average molecular weight is 307 g/mol. The molecule has 2 aromatic carbocycles. The summed E-state index contributed by atoms with van der Waals surface area (Å²) < 4.78 is 5.69. The molecule has 120 valence electrons. The van der Waals surface area contributed by atoms with E-state index < -0.39 is 0 Å². The van der Waals surface area contributed by atoms with Gasteiger partial charge in [0.2, 0.25) is 0 Å². The first-order valence-electron chi connectivity index (χ1n) is 8.50. The van der Waals surface area contributed by atoms with Gasteiger partial charge in [-0.3, -0.25) is 0 Å². The third-order valence-corrected chi connectivity index (χ3v) is 3.98. The van der Waals surface area contributed by atoms with Gasteiger partial charge < -0.3 is 4.74 Å². The molecule has 0 heterocycles. The highest BCUT2D eigenvalue weighted by Crippen LogP contribution is 2.20. The van der Waals surface area contributed by atoms with Crippen LogP contribution < -0.4 is 0 Å². The van der Waals surface area contributed by atoms with E-state index in [4.69, 9.17) is 10.00 Å². The normalized spacial score (nSPS) is 10.4. The molecule has 0 amide bonds. The summed E-state index contributed by atoms with van der Waals surface area (Å²) in [6.07, 6.45) is 5.98. The van der Waals surface area contributed by atoms with Crippen molar-refractivity contribution in [2.75, 3.05) is 13.2 Å². The Hall–Kier alpha value is -2.11. The third-order valence-electron chi connectivity index (χ3n) is 3.98. The fraction of sp³-hybridized carbons (Fsp3) is 0.381. The van der Waals surface area contributed by atoms with Crippen LogP contribution in [0.25, 0.3) is 11.1 Å². The zero-order valence-corrected chi connectivity index (χ0v) is 13.9. The summed E-state index contributed by atoms with van der Waals surface area (Å²) in [5.74, 6) is 0. The highest BCUT2D eigenvalue weighted by Gasteiger charge is 1.99. The minimum Gasteiger partial charge on any atom is -0.381 e. The van der Waals surface area contributed by atoms with E-state index in [0.717, 1.165) is 25.2 Å². The smallest absolute Gasteiger partial charge is 0.0991 e. The predicted molar refractivity (Wildman–Crippen MR) is 95.3 cm³/mol. The molecule has 0 radical (unpaired) electrons. The number of hydrogen-bond acceptors (Lipinski definition) is 2. The van der Waals surface area contributed by atoms with Gasteiger partial charge in [-0.1, -0.05) is 62.6 Å². The van der Waals surface area contributed by atoms with Gasteiger partial charge in [-0.15, -0.1) is 0 Å². The first kappa shape index (κ1) is 17.2. The predicted octanol–water partition coefficient (Wildman–Crippen LogP) is 5.36. The Bertz CT molecular complexity index is 608. The van der Waals surface area contributed by atoms with E-state index in [2.05, 4.69) is 37.3 Å². The molecule has 0 bridgehead atoms. The van der Waals surface area contributed by atoms with Crippen molar-refractivity contribution in [3.8, 4) is 17.2 Å². The molecular formula is C21H25NO. The highest BCUT2D eigenvalue weighted by atomic mass is 16.5. The molecule has 0 saturated heterocycles. The van der Waals surface area contributed by atoms with E-state index in [1.165, 1.54) is 36.8 Å². The lowest BCUT2D eigenvalue weighted by molar-refractivity contribution is 0.133. The second-order valence-electron chi connectivity index (χ2n) is 5.81. The van der Waals surface area contributed by atoms with Crippen LogP contribution in [0.5, 0.6) is 0 Å². The van der Waals surface area contributed by atoms with E-state index in [1.54, 1.807) is 0 Å². The monoisotopic (exact) mass is 307 g/mol. The maximum atomic E-state index is 8.84. The first-order valence-corrected chi connectivity index (χ1v) is 8.50. The molecule has 0 aliphatic carbocycles. The Morgan fingerprint density at radius 2 is 1.48 bits per heavy atom. The largest absolute Gasteiger partial charge is 0.381 e. The van der Waals surface area contributed by atoms with Crippen molar-refractivity contribution in [3.63, 3.8) is 0 Å². The van der Waals surface area contributed by atoms with Gasteiger partial charge in [-0.2, -0.15) is 5.26 Å². The Labute approximate surface area is 139 Å². The number of nitrogens with zero attached hydrogens (tertiary/aromatic N) is 1. The lowest BCUT2D eigenvalue weighted by Gasteiger charge is -2.06. The van der Waals surface area contributed by atoms with Crippen LogP contribution in [-0.2, 0) is 11.2 Å². The fourth-order valence-corrected chi connectivity index (χ4v) is 2.52. The molecule has 0 aliphatic heterocycles. The van der Waals surface area contributed by atoms with E-state index in [1.807, 2.05) is 24.3 Å². The lowest BCUT2D eigenvalue weighted by Crippen LogP contribution is -2.00. The van der Waals surface area contributed by atoms with Crippen molar-refractivity contribution < 1.29 is 4.74 Å². The summed E-state index contributed by atoms with van der Waals surface area (Å²) >= 11 is 0. The maximum absolute atomic E-state index is 8.84. The van der Waals surface area contributed by atoms with Crippen molar-refractivity contribution in [3.05, 3.63) is 59.7 Å². The third kappa shape index (κ3) is 5.88. The second kappa shape index (κ2) is 9.82. The number of benzene rings is 2. The molecule has 0 aliphatic rings. The van der Waals surface area contributed by atoms with Crippen molar-refractivity contribution in [1.29, 1.82) is 5.26 Å². The van der Waals surface area contributed by atoms with Gasteiger partial charge in [-0.25, -0.2) is 0 Å². The Balaban J connectivity index is 1.77. The van der Waals surface area contributed by atoms with Crippen LogP contribution >= 0.6 is 0 Å². The van der Waals surface area contributed by atoms with Gasteiger partial charge in [0.25, 0.3) is 0 Å². The minimum absolute atomic E-state index is 0.696. The molecule has 0 aromatic heterocycles. The van der Waals surface area contributed by atoms with Crippen LogP contribution in [0.4, 0.5) is 0 Å². The van der Waals surface area contributed by atoms with Crippen LogP contribution in [0, 0.1) is 11.3 Å². The minimum atomic E-state index is 0.696. The topological polar surface area (TPSA) is 33.0 Å². The Kier molecular flexibility index (Phi) is 7.36. The molecule has 23 heavy (non-hydrogen) atoms. The molecule has 0 fully saturated rings. The molecule has 2 aromatic rings. The zero-order chi connectivity index (χ0) is 16.3. The van der Waals surface area contributed by atoms with Crippen molar-refractivity contribution in [2.45, 2.75) is 39.0 Å². The zero-order valence-electron chi connectivity index (χ0n) is 13.9. The summed E-state index contributed by atoms with van der Waals surface area (Å²) in [5, 5.41) is 8.84. The molecule has 2 nitrogen and oxygen atoms in total. The fourth-order valence-electron chi connectivity index (χ4n) is 2.52. The maximum Gasteiger partial charge on any atom is 0.0991 e. The number of ether oxygens (including phenoxy) is 1. The van der Waals surface area contributed by atoms with Crippen LogP contribution in [-0.4, -0.2) is 13.2 Å². The van der Waals surface area contributed by atoms with Gasteiger partial charge >= 0.3 is 0 Å². The summed E-state index contributed by atoms with van der Waals surface area (Å²) in [7, 11) is 0. The van der Waals surface area contributed by atoms with E-state index >= 15 is 0 Å². The standard InChI is InChI=1S/C21H25NO/c1-2-3-4-5-15-23-16-14-18-6-10-20(11-7-18)21-12-8-19(17-22)9-13-21/h6-13H,2-5,14-16H2,1H3. The molecule has 0 spiro atoms. The van der Waals surface area contributed by atoms with Gasteiger partial charge in [0.1, 0.15) is 0 Å². The second-order valence-corrected chi connectivity index (χ2v) is 5.81. The van der Waals surface area contributed by atoms with Crippen molar-refractivity contribution >= 4 is 0 Å². The van der Waals surface area contributed by atoms with Crippen molar-refractivity contribution in [1.82, 2.24) is 0 Å². The number of hydrogen-bond donors (Lipinski definition) is 0. The summed E-state index contributed by atoms with van der Waals surface area (Å²) in [6.45, 7) is 3.90. The molecule has 2 rings (SSSR count). The number of unbranched alkanes of at least 4 members (excludes halogenated alkanes) is 3.